The molecule has 0 aromatic heterocycles. The van der Waals surface area contributed by atoms with Gasteiger partial charge >= 0.3 is 6.18 Å². The summed E-state index contributed by atoms with van der Waals surface area (Å²) >= 11 is 0. The highest BCUT2D eigenvalue weighted by Crippen LogP contribution is 2.29. The number of quaternary nitrogens is 1. The summed E-state index contributed by atoms with van der Waals surface area (Å²) < 4.78 is 48.4. The van der Waals surface area contributed by atoms with E-state index < -0.39 is 11.7 Å². The molecule has 0 heterocycles. The summed E-state index contributed by atoms with van der Waals surface area (Å²) in [6, 6.07) is 10.9. The molecule has 0 unspecified atom stereocenters. The SMILES string of the molecule is COc1cc(C[NH2+]Cc2cccc(C(F)(F)F)c2)cc(OC)c1. The standard InChI is InChI=1S/C17H18F3NO2/c1-22-15-7-13(8-16(9-15)23-2)11-21-10-12-4-3-5-14(6-12)17(18,19)20/h3-9,21H,10-11H2,1-2H3/p+1. The van der Waals surface area contributed by atoms with E-state index in [9.17, 15) is 13.2 Å². The predicted molar refractivity (Wildman–Crippen MR) is 80.3 cm³/mol. The van der Waals surface area contributed by atoms with Gasteiger partial charge in [-0.2, -0.15) is 13.2 Å². The van der Waals surface area contributed by atoms with Crippen molar-refractivity contribution in [3.05, 3.63) is 59.2 Å². The highest BCUT2D eigenvalue weighted by atomic mass is 19.4. The van der Waals surface area contributed by atoms with Gasteiger partial charge in [-0.1, -0.05) is 12.1 Å². The van der Waals surface area contributed by atoms with Gasteiger partial charge in [-0.05, 0) is 24.3 Å². The summed E-state index contributed by atoms with van der Waals surface area (Å²) in [4.78, 5) is 0. The Labute approximate surface area is 133 Å². The maximum Gasteiger partial charge on any atom is 0.416 e. The van der Waals surface area contributed by atoms with Crippen LogP contribution in [-0.4, -0.2) is 14.2 Å². The lowest BCUT2D eigenvalue weighted by atomic mass is 10.1. The van der Waals surface area contributed by atoms with Crippen molar-refractivity contribution in [1.29, 1.82) is 0 Å². The molecule has 2 aromatic rings. The molecular formula is C17H19F3NO2+. The summed E-state index contributed by atoms with van der Waals surface area (Å²) in [6.45, 7) is 1.08. The highest BCUT2D eigenvalue weighted by molar-refractivity contribution is 5.38. The van der Waals surface area contributed by atoms with Gasteiger partial charge in [0.1, 0.15) is 24.6 Å². The number of halogens is 3. The third-order valence-electron chi connectivity index (χ3n) is 3.43. The van der Waals surface area contributed by atoms with Crippen molar-refractivity contribution >= 4 is 0 Å². The average molecular weight is 326 g/mol. The largest absolute Gasteiger partial charge is 0.497 e. The van der Waals surface area contributed by atoms with Gasteiger partial charge in [-0.15, -0.1) is 0 Å². The van der Waals surface area contributed by atoms with Crippen molar-refractivity contribution < 1.29 is 28.0 Å². The van der Waals surface area contributed by atoms with Crippen LogP contribution in [-0.2, 0) is 19.3 Å². The molecule has 0 aliphatic heterocycles. The molecule has 2 rings (SSSR count). The molecule has 0 aliphatic carbocycles. The zero-order valence-electron chi connectivity index (χ0n) is 13.0. The first-order chi connectivity index (χ1) is 10.9. The molecule has 0 saturated carbocycles. The van der Waals surface area contributed by atoms with E-state index in [2.05, 4.69) is 0 Å². The molecule has 0 atom stereocenters. The Bertz CT molecular complexity index is 634. The number of benzene rings is 2. The Morgan fingerprint density at radius 3 is 2.04 bits per heavy atom. The molecule has 0 saturated heterocycles. The number of hydrogen-bond acceptors (Lipinski definition) is 2. The minimum atomic E-state index is -4.31. The fourth-order valence-electron chi connectivity index (χ4n) is 2.26. The Hall–Kier alpha value is -2.21. The molecule has 2 N–H and O–H groups in total. The quantitative estimate of drug-likeness (QED) is 0.886. The van der Waals surface area contributed by atoms with Gasteiger partial charge in [0.25, 0.3) is 0 Å². The number of nitrogens with two attached hydrogens (primary N) is 1. The minimum Gasteiger partial charge on any atom is -0.497 e. The van der Waals surface area contributed by atoms with Crippen molar-refractivity contribution in [2.75, 3.05) is 14.2 Å². The second-order valence-corrected chi connectivity index (χ2v) is 5.12. The molecule has 0 spiro atoms. The average Bonchev–Trinajstić information content (AvgIpc) is 2.54. The Morgan fingerprint density at radius 1 is 0.870 bits per heavy atom. The van der Waals surface area contributed by atoms with Crippen LogP contribution in [0.4, 0.5) is 13.2 Å². The van der Waals surface area contributed by atoms with Crippen molar-refractivity contribution in [3.8, 4) is 11.5 Å². The minimum absolute atomic E-state index is 0.462. The summed E-state index contributed by atoms with van der Waals surface area (Å²) in [5, 5.41) is 1.93. The fourth-order valence-corrected chi connectivity index (χ4v) is 2.26. The fraction of sp³-hybridized carbons (Fsp3) is 0.294. The van der Waals surface area contributed by atoms with E-state index in [-0.39, 0.29) is 0 Å². The first-order valence-corrected chi connectivity index (χ1v) is 7.12. The zero-order valence-corrected chi connectivity index (χ0v) is 13.0. The van der Waals surface area contributed by atoms with Crippen LogP contribution in [0.15, 0.2) is 42.5 Å². The van der Waals surface area contributed by atoms with Crippen LogP contribution in [0, 0.1) is 0 Å². The lowest BCUT2D eigenvalue weighted by Gasteiger charge is -2.09. The van der Waals surface area contributed by atoms with Gasteiger partial charge < -0.3 is 14.8 Å². The van der Waals surface area contributed by atoms with E-state index in [0.717, 1.165) is 11.6 Å². The van der Waals surface area contributed by atoms with Crippen LogP contribution in [0.1, 0.15) is 16.7 Å². The maximum absolute atomic E-state index is 12.7. The number of rotatable bonds is 6. The number of ether oxygens (including phenoxy) is 2. The van der Waals surface area contributed by atoms with E-state index in [1.807, 2.05) is 17.4 Å². The van der Waals surface area contributed by atoms with Crippen LogP contribution < -0.4 is 14.8 Å². The molecule has 0 radical (unpaired) electrons. The number of hydrogen-bond donors (Lipinski definition) is 1. The molecule has 0 amide bonds. The smallest absolute Gasteiger partial charge is 0.416 e. The second-order valence-electron chi connectivity index (χ2n) is 5.12. The van der Waals surface area contributed by atoms with E-state index in [0.29, 0.717) is 30.2 Å². The van der Waals surface area contributed by atoms with E-state index in [4.69, 9.17) is 9.47 Å². The van der Waals surface area contributed by atoms with Crippen LogP contribution in [0.3, 0.4) is 0 Å². The topological polar surface area (TPSA) is 35.1 Å². The lowest BCUT2D eigenvalue weighted by molar-refractivity contribution is -0.686. The van der Waals surface area contributed by atoms with Gasteiger partial charge in [0.2, 0.25) is 0 Å². The molecule has 2 aromatic carbocycles. The first-order valence-electron chi connectivity index (χ1n) is 7.12. The predicted octanol–water partition coefficient (Wildman–Crippen LogP) is 2.99. The third kappa shape index (κ3) is 4.89. The third-order valence-corrected chi connectivity index (χ3v) is 3.43. The number of alkyl halides is 3. The Balaban J connectivity index is 2.00. The Kier molecular flexibility index (Phi) is 5.50. The second kappa shape index (κ2) is 7.37. The van der Waals surface area contributed by atoms with Crippen molar-refractivity contribution in [2.45, 2.75) is 19.3 Å². The van der Waals surface area contributed by atoms with Gasteiger partial charge in [0.05, 0.1) is 19.8 Å². The summed E-state index contributed by atoms with van der Waals surface area (Å²) in [6.07, 6.45) is -4.31. The summed E-state index contributed by atoms with van der Waals surface area (Å²) in [7, 11) is 3.15. The zero-order chi connectivity index (χ0) is 16.9. The number of methoxy groups -OCH3 is 2. The van der Waals surface area contributed by atoms with Crippen molar-refractivity contribution in [3.63, 3.8) is 0 Å². The first kappa shape index (κ1) is 17.1. The van der Waals surface area contributed by atoms with Crippen LogP contribution in [0.5, 0.6) is 11.5 Å². The molecule has 124 valence electrons. The molecule has 23 heavy (non-hydrogen) atoms. The molecular weight excluding hydrogens is 307 g/mol. The van der Waals surface area contributed by atoms with Gasteiger partial charge in [-0.25, -0.2) is 0 Å². The molecule has 6 heteroatoms. The van der Waals surface area contributed by atoms with Gasteiger partial charge in [0, 0.05) is 17.2 Å². The van der Waals surface area contributed by atoms with Gasteiger partial charge in [-0.3, -0.25) is 0 Å². The van der Waals surface area contributed by atoms with Gasteiger partial charge in [0.15, 0.2) is 0 Å². The Morgan fingerprint density at radius 2 is 1.48 bits per heavy atom. The van der Waals surface area contributed by atoms with Crippen molar-refractivity contribution in [2.24, 2.45) is 0 Å². The molecule has 0 bridgehead atoms. The van der Waals surface area contributed by atoms with Crippen molar-refractivity contribution in [1.82, 2.24) is 0 Å². The summed E-state index contributed by atoms with van der Waals surface area (Å²) in [5.74, 6) is 1.37. The maximum atomic E-state index is 12.7. The van der Waals surface area contributed by atoms with Crippen LogP contribution in [0.25, 0.3) is 0 Å². The molecule has 0 aliphatic rings. The van der Waals surface area contributed by atoms with E-state index >= 15 is 0 Å². The molecule has 0 fully saturated rings. The highest BCUT2D eigenvalue weighted by Gasteiger charge is 2.30. The lowest BCUT2D eigenvalue weighted by Crippen LogP contribution is -2.80. The normalized spacial score (nSPS) is 11.3. The van der Waals surface area contributed by atoms with Crippen LogP contribution in [0.2, 0.25) is 0 Å². The molecule has 3 nitrogen and oxygen atoms in total. The van der Waals surface area contributed by atoms with E-state index in [1.165, 1.54) is 12.1 Å². The summed E-state index contributed by atoms with van der Waals surface area (Å²) in [5.41, 5.74) is 0.995. The monoisotopic (exact) mass is 326 g/mol. The van der Waals surface area contributed by atoms with E-state index in [1.54, 1.807) is 26.4 Å². The van der Waals surface area contributed by atoms with Crippen LogP contribution >= 0.6 is 0 Å².